The molecular weight excluding hydrogens is 285 g/mol. The summed E-state index contributed by atoms with van der Waals surface area (Å²) >= 11 is 0. The molecule has 0 saturated carbocycles. The molecule has 0 saturated heterocycles. The third kappa shape index (κ3) is 2.09. The van der Waals surface area contributed by atoms with Crippen LogP contribution in [0.15, 0.2) is 18.2 Å². The van der Waals surface area contributed by atoms with Gasteiger partial charge in [0.15, 0.2) is 0 Å². The lowest BCUT2D eigenvalue weighted by molar-refractivity contribution is -0.110. The quantitative estimate of drug-likeness (QED) is 0.793. The van der Waals surface area contributed by atoms with Crippen LogP contribution in [-0.2, 0) is 4.79 Å². The average Bonchev–Trinajstić information content (AvgIpc) is 2.88. The summed E-state index contributed by atoms with van der Waals surface area (Å²) in [6, 6.07) is 6.39. The van der Waals surface area contributed by atoms with Crippen molar-refractivity contribution >= 4 is 29.3 Å². The predicted molar refractivity (Wildman–Crippen MR) is 80.6 cm³/mol. The van der Waals surface area contributed by atoms with Gasteiger partial charge in [0.1, 0.15) is 5.82 Å². The molecule has 2 amide bonds. The van der Waals surface area contributed by atoms with Crippen LogP contribution < -0.4 is 11.1 Å². The number of nitrogens with one attached hydrogen (secondary N) is 1. The molecule has 0 unspecified atom stereocenters. The van der Waals surface area contributed by atoms with Crippen LogP contribution in [0, 0.1) is 25.7 Å². The molecular formula is C16H13FN3O2. The largest absolute Gasteiger partial charge is 0.351 e. The average molecular weight is 298 g/mol. The molecule has 0 fully saturated rings. The number of rotatable bonds is 1. The standard InChI is InChI=1S/C16H13FN3O2/c1-8-5-9(2)20(16(18)22)14(8)7-12-11-6-10(17)3-4-13(11)19-15(12)21/h3-4,6-7H,1-2H3,(H2,18,22)(H,19,21). The normalized spacial score (nSPS) is 15.0. The molecule has 2 heterocycles. The summed E-state index contributed by atoms with van der Waals surface area (Å²) in [4.78, 5) is 23.7. The highest BCUT2D eigenvalue weighted by Gasteiger charge is 2.26. The number of nitrogens with two attached hydrogens (primary N) is 1. The number of fused-ring (bicyclic) bond motifs is 1. The lowest BCUT2D eigenvalue weighted by Crippen LogP contribution is -2.22. The Balaban J connectivity index is 2.21. The monoisotopic (exact) mass is 298 g/mol. The van der Waals surface area contributed by atoms with Crippen LogP contribution in [0.4, 0.5) is 14.9 Å². The van der Waals surface area contributed by atoms with Crippen molar-refractivity contribution in [3.63, 3.8) is 0 Å². The van der Waals surface area contributed by atoms with E-state index in [1.165, 1.54) is 28.8 Å². The molecule has 6 heteroatoms. The fourth-order valence-corrected chi connectivity index (χ4v) is 2.64. The summed E-state index contributed by atoms with van der Waals surface area (Å²) in [5.74, 6) is -0.791. The molecule has 111 valence electrons. The zero-order valence-electron chi connectivity index (χ0n) is 12.0. The summed E-state index contributed by atoms with van der Waals surface area (Å²) in [6.45, 7) is 3.46. The zero-order valence-corrected chi connectivity index (χ0v) is 12.0. The second kappa shape index (κ2) is 4.84. The topological polar surface area (TPSA) is 77.1 Å². The van der Waals surface area contributed by atoms with E-state index in [0.29, 0.717) is 28.2 Å². The van der Waals surface area contributed by atoms with Gasteiger partial charge in [0, 0.05) is 23.0 Å². The predicted octanol–water partition coefficient (Wildman–Crippen LogP) is 2.46. The molecule has 22 heavy (non-hydrogen) atoms. The van der Waals surface area contributed by atoms with Crippen LogP contribution in [-0.4, -0.2) is 16.5 Å². The van der Waals surface area contributed by atoms with Crippen molar-refractivity contribution in [1.29, 1.82) is 0 Å². The fraction of sp³-hybridized carbons (Fsp3) is 0.125. The first-order valence-corrected chi connectivity index (χ1v) is 6.62. The number of hydrogen-bond donors (Lipinski definition) is 2. The molecule has 1 aromatic heterocycles. The van der Waals surface area contributed by atoms with Gasteiger partial charge in [0.25, 0.3) is 5.91 Å². The summed E-state index contributed by atoms with van der Waals surface area (Å²) in [7, 11) is 0. The minimum Gasteiger partial charge on any atom is -0.351 e. The molecule has 1 aromatic carbocycles. The molecule has 1 radical (unpaired) electrons. The highest BCUT2D eigenvalue weighted by atomic mass is 19.1. The van der Waals surface area contributed by atoms with Gasteiger partial charge in [0.2, 0.25) is 0 Å². The summed E-state index contributed by atoms with van der Waals surface area (Å²) < 4.78 is 14.7. The molecule has 3 N–H and O–H groups in total. The van der Waals surface area contributed by atoms with E-state index in [2.05, 4.69) is 11.4 Å². The Bertz CT molecular complexity index is 849. The molecule has 0 aliphatic carbocycles. The van der Waals surface area contributed by atoms with E-state index >= 15 is 0 Å². The van der Waals surface area contributed by atoms with Crippen LogP contribution in [0.3, 0.4) is 0 Å². The Labute approximate surface area is 126 Å². The molecule has 0 bridgehead atoms. The van der Waals surface area contributed by atoms with Crippen molar-refractivity contribution in [3.8, 4) is 0 Å². The number of aromatic nitrogens is 1. The second-order valence-electron chi connectivity index (χ2n) is 5.10. The Morgan fingerprint density at radius 3 is 2.82 bits per heavy atom. The van der Waals surface area contributed by atoms with Gasteiger partial charge >= 0.3 is 6.03 Å². The number of primary amides is 1. The first-order chi connectivity index (χ1) is 10.4. The van der Waals surface area contributed by atoms with Gasteiger partial charge in [-0.2, -0.15) is 0 Å². The van der Waals surface area contributed by atoms with Crippen molar-refractivity contribution in [2.45, 2.75) is 13.8 Å². The van der Waals surface area contributed by atoms with Gasteiger partial charge in [-0.1, -0.05) is 0 Å². The molecule has 3 rings (SSSR count). The van der Waals surface area contributed by atoms with Gasteiger partial charge in [-0.05, 0) is 43.7 Å². The van der Waals surface area contributed by atoms with Gasteiger partial charge in [-0.3, -0.25) is 9.36 Å². The number of aryl methyl sites for hydroxylation is 2. The van der Waals surface area contributed by atoms with Crippen molar-refractivity contribution < 1.29 is 14.0 Å². The van der Waals surface area contributed by atoms with Crippen molar-refractivity contribution in [1.82, 2.24) is 4.57 Å². The summed E-state index contributed by atoms with van der Waals surface area (Å²) in [6.07, 6.45) is 1.53. The van der Waals surface area contributed by atoms with E-state index in [1.807, 2.05) is 0 Å². The summed E-state index contributed by atoms with van der Waals surface area (Å²) in [5.41, 5.74) is 8.35. The van der Waals surface area contributed by atoms with E-state index < -0.39 is 11.8 Å². The van der Waals surface area contributed by atoms with Crippen molar-refractivity contribution in [3.05, 3.63) is 52.6 Å². The van der Waals surface area contributed by atoms with E-state index in [0.717, 1.165) is 0 Å². The second-order valence-corrected chi connectivity index (χ2v) is 5.10. The smallest absolute Gasteiger partial charge is 0.323 e. The minimum absolute atomic E-state index is 0.284. The van der Waals surface area contributed by atoms with Gasteiger partial charge in [0.05, 0.1) is 11.3 Å². The molecule has 0 atom stereocenters. The first-order valence-electron chi connectivity index (χ1n) is 6.62. The number of carbonyl (C=O) groups excluding carboxylic acids is 2. The van der Waals surface area contributed by atoms with E-state index in [1.54, 1.807) is 13.8 Å². The zero-order chi connectivity index (χ0) is 16.0. The number of carbonyl (C=O) groups is 2. The Kier molecular flexibility index (Phi) is 3.09. The Hall–Kier alpha value is -2.89. The number of benzene rings is 1. The van der Waals surface area contributed by atoms with E-state index in [-0.39, 0.29) is 11.5 Å². The maximum atomic E-state index is 13.4. The van der Waals surface area contributed by atoms with Gasteiger partial charge < -0.3 is 11.1 Å². The molecule has 2 aromatic rings. The summed E-state index contributed by atoms with van der Waals surface area (Å²) in [5, 5.41) is 2.66. The van der Waals surface area contributed by atoms with E-state index in [4.69, 9.17) is 5.73 Å². The third-order valence-electron chi connectivity index (χ3n) is 3.59. The van der Waals surface area contributed by atoms with Crippen molar-refractivity contribution in [2.75, 3.05) is 5.32 Å². The van der Waals surface area contributed by atoms with Crippen LogP contribution >= 0.6 is 0 Å². The van der Waals surface area contributed by atoms with Crippen LogP contribution in [0.25, 0.3) is 11.6 Å². The number of anilines is 1. The third-order valence-corrected chi connectivity index (χ3v) is 3.59. The number of hydrogen-bond acceptors (Lipinski definition) is 2. The lowest BCUT2D eigenvalue weighted by Gasteiger charge is -2.05. The molecule has 5 nitrogen and oxygen atoms in total. The van der Waals surface area contributed by atoms with Gasteiger partial charge in [-0.25, -0.2) is 9.18 Å². The van der Waals surface area contributed by atoms with Crippen LogP contribution in [0.5, 0.6) is 0 Å². The van der Waals surface area contributed by atoms with Gasteiger partial charge in [-0.15, -0.1) is 0 Å². The van der Waals surface area contributed by atoms with Crippen LogP contribution in [0.2, 0.25) is 0 Å². The van der Waals surface area contributed by atoms with E-state index in [9.17, 15) is 14.0 Å². The SMILES string of the molecule is Cc1[c]c(C)n(C(N)=O)c1C=C1C(=O)Nc2ccc(F)cc21. The highest BCUT2D eigenvalue weighted by molar-refractivity contribution is 6.35. The molecule has 1 aliphatic heterocycles. The Morgan fingerprint density at radius 2 is 2.14 bits per heavy atom. The maximum Gasteiger partial charge on any atom is 0.323 e. The minimum atomic E-state index is -0.661. The number of amides is 2. The highest BCUT2D eigenvalue weighted by Crippen LogP contribution is 2.34. The first kappa shape index (κ1) is 14.1. The number of halogens is 1. The molecule has 0 spiro atoms. The molecule has 1 aliphatic rings. The number of nitrogens with zero attached hydrogens (tertiary/aromatic N) is 1. The van der Waals surface area contributed by atoms with Crippen LogP contribution in [0.1, 0.15) is 22.5 Å². The Morgan fingerprint density at radius 1 is 1.41 bits per heavy atom. The fourth-order valence-electron chi connectivity index (χ4n) is 2.64. The maximum absolute atomic E-state index is 13.4. The van der Waals surface area contributed by atoms with Crippen molar-refractivity contribution in [2.24, 2.45) is 5.73 Å². The lowest BCUT2D eigenvalue weighted by atomic mass is 10.0.